The number of hydrogen-bond acceptors (Lipinski definition) is 3. The summed E-state index contributed by atoms with van der Waals surface area (Å²) in [5.74, 6) is 1.21. The monoisotopic (exact) mass is 378 g/mol. The highest BCUT2D eigenvalue weighted by Gasteiger charge is 2.52. The molecular weight excluding hydrogens is 348 g/mol. The second-order valence-electron chi connectivity index (χ2n) is 9.06. The van der Waals surface area contributed by atoms with Gasteiger partial charge < -0.3 is 14.9 Å². The largest absolute Gasteiger partial charge is 0.508 e. The summed E-state index contributed by atoms with van der Waals surface area (Å²) < 4.78 is 5.20. The molecule has 2 aliphatic carbocycles. The molecule has 0 radical (unpaired) electrons. The minimum absolute atomic E-state index is 0.00390. The number of ether oxygens (including phenoxy) is 1. The topological polar surface area (TPSA) is 49.7 Å². The van der Waals surface area contributed by atoms with Gasteiger partial charge in [-0.05, 0) is 60.0 Å². The molecule has 2 N–H and O–H groups in total. The molecule has 0 bridgehead atoms. The highest BCUT2D eigenvalue weighted by atomic mass is 35.5. The average Bonchev–Trinajstić information content (AvgIpc) is 2.55. The fourth-order valence-corrected chi connectivity index (χ4v) is 6.35. The normalized spacial score (nSPS) is 32.7. The van der Waals surface area contributed by atoms with Crippen molar-refractivity contribution < 1.29 is 14.9 Å². The van der Waals surface area contributed by atoms with E-state index in [1.54, 1.807) is 6.07 Å². The molecule has 0 aliphatic heterocycles. The maximum absolute atomic E-state index is 10.6. The van der Waals surface area contributed by atoms with Crippen molar-refractivity contribution in [3.8, 4) is 17.2 Å². The Bertz CT molecular complexity index is 737. The summed E-state index contributed by atoms with van der Waals surface area (Å²) in [7, 11) is 1.48. The molecule has 2 aliphatic rings. The summed E-state index contributed by atoms with van der Waals surface area (Å²) in [6, 6.07) is 2.95. The predicted octanol–water partition coefficient (Wildman–Crippen LogP) is 6.32. The summed E-state index contributed by atoms with van der Waals surface area (Å²) in [5.41, 5.74) is 2.00. The Morgan fingerprint density at radius 2 is 1.85 bits per heavy atom. The molecule has 0 heterocycles. The summed E-state index contributed by atoms with van der Waals surface area (Å²) >= 11 is 6.94. The fourth-order valence-electron chi connectivity index (χ4n) is 5.81. The zero-order valence-corrected chi connectivity index (χ0v) is 17.3. The number of rotatable bonds is 2. The van der Waals surface area contributed by atoms with Gasteiger partial charge in [0.25, 0.3) is 0 Å². The number of phenols is 2. The van der Waals surface area contributed by atoms with E-state index in [2.05, 4.69) is 27.7 Å². The summed E-state index contributed by atoms with van der Waals surface area (Å²) in [4.78, 5) is 0. The van der Waals surface area contributed by atoms with Crippen LogP contribution in [0.5, 0.6) is 17.2 Å². The number of halogens is 1. The first-order valence-corrected chi connectivity index (χ1v) is 10.00. The van der Waals surface area contributed by atoms with Crippen molar-refractivity contribution >= 4 is 16.6 Å². The highest BCUT2D eigenvalue weighted by Crippen LogP contribution is 2.63. The van der Waals surface area contributed by atoms with E-state index < -0.39 is 0 Å². The third-order valence-corrected chi connectivity index (χ3v) is 7.39. The molecule has 1 aromatic rings. The molecule has 3 nitrogen and oxygen atoms in total. The van der Waals surface area contributed by atoms with Crippen molar-refractivity contribution in [3.63, 3.8) is 0 Å². The molecule has 0 spiro atoms. The van der Waals surface area contributed by atoms with Crippen LogP contribution < -0.4 is 4.74 Å². The van der Waals surface area contributed by atoms with Crippen molar-refractivity contribution in [2.45, 2.75) is 59.8 Å². The lowest BCUT2D eigenvalue weighted by molar-refractivity contribution is -0.00552. The van der Waals surface area contributed by atoms with Gasteiger partial charge in [-0.3, -0.25) is 0 Å². The third kappa shape index (κ3) is 2.98. The average molecular weight is 379 g/mol. The third-order valence-electron chi connectivity index (χ3n) is 6.98. The van der Waals surface area contributed by atoms with Crippen LogP contribution in [0, 0.1) is 22.7 Å². The maximum atomic E-state index is 10.6. The van der Waals surface area contributed by atoms with Gasteiger partial charge in [0.2, 0.25) is 0 Å². The molecule has 3 atom stereocenters. The van der Waals surface area contributed by atoms with Crippen LogP contribution in [-0.4, -0.2) is 17.3 Å². The van der Waals surface area contributed by atoms with E-state index in [4.69, 9.17) is 16.3 Å². The van der Waals surface area contributed by atoms with Crippen molar-refractivity contribution in [2.75, 3.05) is 7.11 Å². The van der Waals surface area contributed by atoms with Crippen molar-refractivity contribution in [2.24, 2.45) is 22.7 Å². The summed E-state index contributed by atoms with van der Waals surface area (Å²) in [5, 5.41) is 21.3. The Kier molecular flexibility index (Phi) is 4.98. The van der Waals surface area contributed by atoms with Crippen LogP contribution in [0.1, 0.15) is 65.4 Å². The first kappa shape index (κ1) is 19.4. The maximum Gasteiger partial charge on any atom is 0.166 e. The lowest BCUT2D eigenvalue weighted by Crippen LogP contribution is -2.47. The van der Waals surface area contributed by atoms with Gasteiger partial charge >= 0.3 is 0 Å². The summed E-state index contributed by atoms with van der Waals surface area (Å²) in [6.45, 7) is 9.35. The highest BCUT2D eigenvalue weighted by molar-refractivity contribution is 6.49. The molecule has 4 heteroatoms. The number of hydrogen-bond donors (Lipinski definition) is 2. The van der Waals surface area contributed by atoms with E-state index in [0.29, 0.717) is 22.4 Å². The number of benzene rings is 1. The number of methoxy groups -OCH3 is 1. The molecule has 0 unspecified atom stereocenters. The van der Waals surface area contributed by atoms with Gasteiger partial charge in [-0.1, -0.05) is 45.7 Å². The molecule has 3 rings (SSSR count). The Morgan fingerprint density at radius 3 is 2.50 bits per heavy atom. The van der Waals surface area contributed by atoms with Gasteiger partial charge in [0.1, 0.15) is 5.75 Å². The molecule has 2 saturated carbocycles. The van der Waals surface area contributed by atoms with Crippen LogP contribution in [-0.2, 0) is 0 Å². The van der Waals surface area contributed by atoms with Crippen LogP contribution in [0.4, 0.5) is 0 Å². The van der Waals surface area contributed by atoms with E-state index in [1.165, 1.54) is 38.0 Å². The van der Waals surface area contributed by atoms with Gasteiger partial charge in [0, 0.05) is 11.6 Å². The van der Waals surface area contributed by atoms with E-state index in [0.717, 1.165) is 12.8 Å². The minimum atomic E-state index is -0.00390. The molecule has 1 aromatic carbocycles. The van der Waals surface area contributed by atoms with Gasteiger partial charge in [0.05, 0.1) is 12.1 Å². The Hall–Kier alpha value is -1.35. The van der Waals surface area contributed by atoms with E-state index in [-0.39, 0.29) is 28.1 Å². The Labute approximate surface area is 162 Å². The molecule has 0 aromatic heterocycles. The van der Waals surface area contributed by atoms with Gasteiger partial charge in [-0.15, -0.1) is 0 Å². The standard InChI is InChI=1S/C22H31ClO3/c1-13-7-8-17-21(2,3)9-6-10-22(17,4)18(13)19(23)15-11-14(24)12-16(26-5)20(15)25/h11-13,17,24-25H,6-10H2,1-5H3/t13-,17-,22-/m0/s1. The lowest BCUT2D eigenvalue weighted by Gasteiger charge is -2.56. The summed E-state index contributed by atoms with van der Waals surface area (Å²) in [6.07, 6.45) is 5.88. The molecule has 0 saturated heterocycles. The zero-order chi connectivity index (χ0) is 19.3. The fraction of sp³-hybridized carbons (Fsp3) is 0.636. The zero-order valence-electron chi connectivity index (χ0n) is 16.5. The van der Waals surface area contributed by atoms with Crippen LogP contribution in [0.3, 0.4) is 0 Å². The Morgan fingerprint density at radius 1 is 1.15 bits per heavy atom. The predicted molar refractivity (Wildman–Crippen MR) is 107 cm³/mol. The second-order valence-corrected chi connectivity index (χ2v) is 9.44. The van der Waals surface area contributed by atoms with Crippen molar-refractivity contribution in [1.82, 2.24) is 0 Å². The Balaban J connectivity index is 2.20. The van der Waals surface area contributed by atoms with E-state index in [9.17, 15) is 10.2 Å². The quantitative estimate of drug-likeness (QED) is 0.592. The second kappa shape index (κ2) is 6.67. The van der Waals surface area contributed by atoms with Crippen LogP contribution in [0.2, 0.25) is 0 Å². The van der Waals surface area contributed by atoms with E-state index >= 15 is 0 Å². The number of phenolic OH excluding ortho intramolecular Hbond substituents is 2. The molecule has 0 amide bonds. The van der Waals surface area contributed by atoms with Crippen LogP contribution in [0.25, 0.3) is 5.03 Å². The van der Waals surface area contributed by atoms with Crippen molar-refractivity contribution in [3.05, 3.63) is 23.3 Å². The van der Waals surface area contributed by atoms with Crippen LogP contribution >= 0.6 is 11.6 Å². The van der Waals surface area contributed by atoms with Crippen molar-refractivity contribution in [1.29, 1.82) is 0 Å². The molecular formula is C22H31ClO3. The minimum Gasteiger partial charge on any atom is -0.508 e. The first-order valence-electron chi connectivity index (χ1n) is 9.62. The first-order chi connectivity index (χ1) is 12.1. The number of aromatic hydroxyl groups is 2. The smallest absolute Gasteiger partial charge is 0.166 e. The van der Waals surface area contributed by atoms with Gasteiger partial charge in [-0.25, -0.2) is 0 Å². The molecule has 2 fully saturated rings. The van der Waals surface area contributed by atoms with E-state index in [1.807, 2.05) is 0 Å². The number of allylic oxidation sites excluding steroid dienone is 1. The number of fused-ring (bicyclic) bond motifs is 1. The molecule has 144 valence electrons. The van der Waals surface area contributed by atoms with Gasteiger partial charge in [0.15, 0.2) is 11.5 Å². The van der Waals surface area contributed by atoms with Crippen LogP contribution in [0.15, 0.2) is 17.7 Å². The molecule has 26 heavy (non-hydrogen) atoms. The lowest BCUT2D eigenvalue weighted by atomic mass is 9.48. The SMILES string of the molecule is COc1cc(O)cc(C(Cl)=C2[C@@H](C)CC[C@H]3C(C)(C)CCC[C@]23C)c1O. The van der Waals surface area contributed by atoms with Gasteiger partial charge in [-0.2, -0.15) is 0 Å².